The Kier molecular flexibility index (Phi) is 5.23. The predicted octanol–water partition coefficient (Wildman–Crippen LogP) is 4.21. The smallest absolute Gasteiger partial charge is 0.224 e. The van der Waals surface area contributed by atoms with Crippen LogP contribution in [0.4, 0.5) is 5.69 Å². The molecule has 1 N–H and O–H groups in total. The molecule has 0 bridgehead atoms. The lowest BCUT2D eigenvalue weighted by atomic mass is 9.81. The van der Waals surface area contributed by atoms with Gasteiger partial charge in [0, 0.05) is 37.5 Å². The number of likely N-dealkylation sites (tertiary alicyclic amines) is 1. The van der Waals surface area contributed by atoms with E-state index in [4.69, 9.17) is 4.74 Å². The largest absolute Gasteiger partial charge is 0.491 e. The molecule has 1 aromatic carbocycles. The number of nitrogens with zero attached hydrogens (tertiary/aromatic N) is 2. The second-order valence-corrected chi connectivity index (χ2v) is 8.85. The molecule has 1 saturated heterocycles. The summed E-state index contributed by atoms with van der Waals surface area (Å²) in [5.41, 5.74) is 2.83. The fourth-order valence-corrected chi connectivity index (χ4v) is 4.81. The van der Waals surface area contributed by atoms with Crippen molar-refractivity contribution in [1.82, 2.24) is 9.88 Å². The van der Waals surface area contributed by atoms with Gasteiger partial charge >= 0.3 is 0 Å². The molecule has 5 nitrogen and oxygen atoms in total. The number of carbonyl (C=O) groups excluding carboxylic acids is 1. The van der Waals surface area contributed by atoms with E-state index in [0.29, 0.717) is 24.9 Å². The van der Waals surface area contributed by atoms with E-state index < -0.39 is 0 Å². The Hall–Kier alpha value is -2.40. The number of piperidine rings is 1. The predicted molar refractivity (Wildman–Crippen MR) is 114 cm³/mol. The first-order valence-electron chi connectivity index (χ1n) is 10.9. The molecule has 1 saturated carbocycles. The molecule has 1 aromatic heterocycles. The number of benzene rings is 1. The number of nitrogens with one attached hydrogen (secondary N) is 1. The van der Waals surface area contributed by atoms with Crippen molar-refractivity contribution in [2.75, 3.05) is 31.6 Å². The number of amides is 1. The maximum absolute atomic E-state index is 12.8. The van der Waals surface area contributed by atoms with Crippen molar-refractivity contribution in [1.29, 1.82) is 0 Å². The van der Waals surface area contributed by atoms with Gasteiger partial charge in [-0.15, -0.1) is 0 Å². The van der Waals surface area contributed by atoms with E-state index in [2.05, 4.69) is 15.2 Å². The van der Waals surface area contributed by atoms with Crippen molar-refractivity contribution in [2.45, 2.75) is 32.1 Å². The molecular weight excluding hydrogens is 362 g/mol. The Morgan fingerprint density at radius 2 is 2.03 bits per heavy atom. The van der Waals surface area contributed by atoms with E-state index in [1.807, 2.05) is 36.5 Å². The van der Waals surface area contributed by atoms with E-state index in [1.165, 1.54) is 19.4 Å². The van der Waals surface area contributed by atoms with Gasteiger partial charge in [-0.2, -0.15) is 0 Å². The third-order valence-electron chi connectivity index (χ3n) is 6.63. The van der Waals surface area contributed by atoms with E-state index in [0.717, 1.165) is 54.4 Å². The molecule has 2 aromatic rings. The molecule has 0 radical (unpaired) electrons. The number of anilines is 1. The highest BCUT2D eigenvalue weighted by Gasteiger charge is 2.34. The highest BCUT2D eigenvalue weighted by molar-refractivity contribution is 5.93. The van der Waals surface area contributed by atoms with Crippen molar-refractivity contribution in [3.8, 4) is 16.9 Å². The minimum Gasteiger partial charge on any atom is -0.491 e. The average molecular weight is 392 g/mol. The van der Waals surface area contributed by atoms with Gasteiger partial charge < -0.3 is 15.0 Å². The third-order valence-corrected chi connectivity index (χ3v) is 6.63. The van der Waals surface area contributed by atoms with Crippen molar-refractivity contribution in [3.05, 3.63) is 42.7 Å². The molecule has 3 heterocycles. The lowest BCUT2D eigenvalue weighted by Crippen LogP contribution is -2.43. The molecule has 3 aliphatic rings. The number of pyridine rings is 1. The van der Waals surface area contributed by atoms with Gasteiger partial charge in [0.05, 0.1) is 12.3 Å². The van der Waals surface area contributed by atoms with Crippen LogP contribution in [0.25, 0.3) is 11.1 Å². The van der Waals surface area contributed by atoms with Gasteiger partial charge in [0.25, 0.3) is 0 Å². The molecule has 0 unspecified atom stereocenters. The summed E-state index contributed by atoms with van der Waals surface area (Å²) in [6.45, 7) is 4.20. The van der Waals surface area contributed by atoms with E-state index in [-0.39, 0.29) is 5.91 Å². The van der Waals surface area contributed by atoms with Crippen molar-refractivity contribution in [3.63, 3.8) is 0 Å². The zero-order valence-electron chi connectivity index (χ0n) is 16.8. The lowest BCUT2D eigenvalue weighted by Gasteiger charge is -2.39. The molecule has 5 heteroatoms. The molecule has 1 aliphatic carbocycles. The van der Waals surface area contributed by atoms with Crippen LogP contribution in [-0.2, 0) is 4.79 Å². The van der Waals surface area contributed by atoms with Gasteiger partial charge in [-0.05, 0) is 73.7 Å². The summed E-state index contributed by atoms with van der Waals surface area (Å²) in [4.78, 5) is 19.7. The Morgan fingerprint density at radius 1 is 1.10 bits per heavy atom. The minimum absolute atomic E-state index is 0.103. The van der Waals surface area contributed by atoms with Crippen LogP contribution in [0.2, 0.25) is 0 Å². The summed E-state index contributed by atoms with van der Waals surface area (Å²) in [6.07, 6.45) is 9.14. The normalized spacial score (nSPS) is 25.3. The minimum atomic E-state index is 0.103. The monoisotopic (exact) mass is 391 g/mol. The molecule has 2 aliphatic heterocycles. The van der Waals surface area contributed by atoms with Crippen LogP contribution in [0.15, 0.2) is 42.7 Å². The number of aromatic nitrogens is 1. The van der Waals surface area contributed by atoms with Gasteiger partial charge in [-0.25, -0.2) is 0 Å². The first-order valence-corrected chi connectivity index (χ1v) is 10.9. The molecule has 1 amide bonds. The van der Waals surface area contributed by atoms with Crippen molar-refractivity contribution < 1.29 is 9.53 Å². The summed E-state index contributed by atoms with van der Waals surface area (Å²) < 4.78 is 6.13. The number of fused-ring (bicyclic) bond motifs is 2. The Bertz CT molecular complexity index is 866. The number of rotatable bonds is 3. The summed E-state index contributed by atoms with van der Waals surface area (Å²) in [6, 6.07) is 9.96. The van der Waals surface area contributed by atoms with Crippen molar-refractivity contribution >= 4 is 11.6 Å². The number of carbonyl (C=O) groups is 1. The first-order chi connectivity index (χ1) is 14.2. The fraction of sp³-hybridized carbons (Fsp3) is 0.500. The molecule has 2 atom stereocenters. The lowest BCUT2D eigenvalue weighted by molar-refractivity contribution is -0.118. The maximum atomic E-state index is 12.8. The number of ether oxygens (including phenoxy) is 1. The van der Waals surface area contributed by atoms with Crippen LogP contribution < -0.4 is 10.1 Å². The van der Waals surface area contributed by atoms with Gasteiger partial charge in [0.15, 0.2) is 0 Å². The van der Waals surface area contributed by atoms with Crippen LogP contribution in [-0.4, -0.2) is 42.0 Å². The third kappa shape index (κ3) is 4.45. The molecule has 152 valence electrons. The van der Waals surface area contributed by atoms with Crippen LogP contribution in [0.1, 0.15) is 32.1 Å². The quantitative estimate of drug-likeness (QED) is 0.852. The SMILES string of the molecule is O=C1C[C@@H]2CCN(CC3CC3)C[C@@H]2CCOc2ccc(-c3cccnc3)cc2N1. The second kappa shape index (κ2) is 8.15. The average Bonchev–Trinajstić information content (AvgIpc) is 3.55. The van der Waals surface area contributed by atoms with Gasteiger partial charge in [0.2, 0.25) is 5.91 Å². The second-order valence-electron chi connectivity index (χ2n) is 8.85. The Balaban J connectivity index is 1.33. The van der Waals surface area contributed by atoms with E-state index in [1.54, 1.807) is 6.20 Å². The van der Waals surface area contributed by atoms with Gasteiger partial charge in [0.1, 0.15) is 5.75 Å². The number of hydrogen-bond acceptors (Lipinski definition) is 4. The Labute approximate surface area is 172 Å². The maximum Gasteiger partial charge on any atom is 0.224 e. The Morgan fingerprint density at radius 3 is 2.86 bits per heavy atom. The van der Waals surface area contributed by atoms with E-state index >= 15 is 0 Å². The summed E-state index contributed by atoms with van der Waals surface area (Å²) in [5, 5.41) is 3.13. The molecule has 2 fully saturated rings. The molecular formula is C24H29N3O2. The van der Waals surface area contributed by atoms with Crippen LogP contribution in [0, 0.1) is 17.8 Å². The number of hydrogen-bond donors (Lipinski definition) is 1. The highest BCUT2D eigenvalue weighted by Crippen LogP contribution is 2.36. The summed E-state index contributed by atoms with van der Waals surface area (Å²) >= 11 is 0. The highest BCUT2D eigenvalue weighted by atomic mass is 16.5. The standard InChI is InChI=1S/C24H29N3O2/c28-24-13-19-7-10-27(15-17-3-4-17)16-21(19)8-11-29-23-6-5-18(12-22(23)26-24)20-2-1-9-25-14-20/h1-2,5-6,9,12,14,17,19,21H,3-4,7-8,10-11,13,15-16H2,(H,26,28)/t19-,21-/m0/s1. The van der Waals surface area contributed by atoms with Crippen LogP contribution >= 0.6 is 0 Å². The zero-order valence-corrected chi connectivity index (χ0v) is 16.8. The van der Waals surface area contributed by atoms with Crippen molar-refractivity contribution in [2.24, 2.45) is 17.8 Å². The van der Waals surface area contributed by atoms with Crippen LogP contribution in [0.3, 0.4) is 0 Å². The zero-order chi connectivity index (χ0) is 19.6. The summed E-state index contributed by atoms with van der Waals surface area (Å²) in [7, 11) is 0. The fourth-order valence-electron chi connectivity index (χ4n) is 4.81. The summed E-state index contributed by atoms with van der Waals surface area (Å²) in [5.74, 6) is 2.79. The topological polar surface area (TPSA) is 54.5 Å². The van der Waals surface area contributed by atoms with Crippen LogP contribution in [0.5, 0.6) is 5.75 Å². The van der Waals surface area contributed by atoms with E-state index in [9.17, 15) is 4.79 Å². The molecule has 5 rings (SSSR count). The molecule has 0 spiro atoms. The first kappa shape index (κ1) is 18.6. The van der Waals surface area contributed by atoms with Gasteiger partial charge in [-0.1, -0.05) is 12.1 Å². The molecule has 29 heavy (non-hydrogen) atoms. The van der Waals surface area contributed by atoms with Gasteiger partial charge in [-0.3, -0.25) is 9.78 Å².